The molecule has 0 spiro atoms. The average Bonchev–Trinajstić information content (AvgIpc) is 3.12. The topological polar surface area (TPSA) is 60.9 Å². The molecular weight excluding hydrogens is 426 g/mol. The Labute approximate surface area is 199 Å². The van der Waals surface area contributed by atoms with E-state index < -0.39 is 24.0 Å². The fourth-order valence-electron chi connectivity index (χ4n) is 4.88. The summed E-state index contributed by atoms with van der Waals surface area (Å²) < 4.78 is 0. The lowest BCUT2D eigenvalue weighted by Gasteiger charge is -2.32. The van der Waals surface area contributed by atoms with Crippen molar-refractivity contribution in [2.24, 2.45) is 0 Å². The maximum Gasteiger partial charge on any atom is 0.328 e. The van der Waals surface area contributed by atoms with Crippen LogP contribution in [0.15, 0.2) is 84.9 Å². The summed E-state index contributed by atoms with van der Waals surface area (Å²) in [5.74, 6) is -0.771. The van der Waals surface area contributed by atoms with Crippen LogP contribution in [0.25, 0.3) is 0 Å². The van der Waals surface area contributed by atoms with E-state index in [2.05, 4.69) is 6.07 Å². The largest absolute Gasteiger partial charge is 0.336 e. The van der Waals surface area contributed by atoms with Crippen molar-refractivity contribution in [1.82, 2.24) is 14.7 Å². The van der Waals surface area contributed by atoms with Gasteiger partial charge in [0.2, 0.25) is 0 Å². The van der Waals surface area contributed by atoms with Gasteiger partial charge >= 0.3 is 6.03 Å². The molecule has 2 aliphatic rings. The minimum absolute atomic E-state index is 0.199. The van der Waals surface area contributed by atoms with Gasteiger partial charge in [-0.1, -0.05) is 84.9 Å². The Balaban J connectivity index is 1.47. The number of rotatable bonds is 5. The smallest absolute Gasteiger partial charge is 0.328 e. The lowest BCUT2D eigenvalue weighted by atomic mass is 9.99. The highest BCUT2D eigenvalue weighted by atomic mass is 16.2. The summed E-state index contributed by atoms with van der Waals surface area (Å²) >= 11 is 0. The first-order valence-corrected chi connectivity index (χ1v) is 11.6. The molecule has 0 aromatic heterocycles. The number of imide groups is 1. The molecule has 1 fully saturated rings. The molecule has 2 heterocycles. The van der Waals surface area contributed by atoms with E-state index in [-0.39, 0.29) is 12.5 Å². The number of nitrogens with zero attached hydrogens (tertiary/aromatic N) is 3. The molecule has 172 valence electrons. The third-order valence-electron chi connectivity index (χ3n) is 6.78. The summed E-state index contributed by atoms with van der Waals surface area (Å²) in [7, 11) is 0. The third-order valence-corrected chi connectivity index (χ3v) is 6.78. The summed E-state index contributed by atoms with van der Waals surface area (Å²) in [5, 5.41) is 0. The highest BCUT2D eigenvalue weighted by Crippen LogP contribution is 2.31. The van der Waals surface area contributed by atoms with E-state index >= 15 is 0 Å². The SMILES string of the molecule is C[C@H](c1ccccc1)N1C(=O)C(C(=O)N2CCc3ccccc3C2)N(Cc2ccccc2)C1=O. The van der Waals surface area contributed by atoms with Gasteiger partial charge in [-0.05, 0) is 35.6 Å². The number of hydrogen-bond acceptors (Lipinski definition) is 3. The Kier molecular flexibility index (Phi) is 5.88. The van der Waals surface area contributed by atoms with Crippen LogP contribution in [0.1, 0.15) is 35.2 Å². The summed E-state index contributed by atoms with van der Waals surface area (Å²) in [6.45, 7) is 3.00. The van der Waals surface area contributed by atoms with Crippen LogP contribution in [-0.4, -0.2) is 45.1 Å². The Morgan fingerprint density at radius 2 is 1.50 bits per heavy atom. The van der Waals surface area contributed by atoms with E-state index in [0.717, 1.165) is 23.1 Å². The monoisotopic (exact) mass is 453 g/mol. The van der Waals surface area contributed by atoms with Crippen molar-refractivity contribution in [1.29, 1.82) is 0 Å². The van der Waals surface area contributed by atoms with Gasteiger partial charge in [0.25, 0.3) is 11.8 Å². The van der Waals surface area contributed by atoms with Crippen LogP contribution >= 0.6 is 0 Å². The zero-order chi connectivity index (χ0) is 23.7. The summed E-state index contributed by atoms with van der Waals surface area (Å²) in [5.41, 5.74) is 4.03. The lowest BCUT2D eigenvalue weighted by molar-refractivity contribution is -0.143. The van der Waals surface area contributed by atoms with Crippen LogP contribution in [0.2, 0.25) is 0 Å². The lowest BCUT2D eigenvalue weighted by Crippen LogP contribution is -2.50. The minimum Gasteiger partial charge on any atom is -0.336 e. The number of carbonyl (C=O) groups excluding carboxylic acids is 3. The van der Waals surface area contributed by atoms with E-state index in [1.54, 1.807) is 4.90 Å². The number of fused-ring (bicyclic) bond motifs is 1. The Hall–Kier alpha value is -3.93. The molecule has 3 aromatic carbocycles. The number of benzene rings is 3. The van der Waals surface area contributed by atoms with Gasteiger partial charge in [0.1, 0.15) is 0 Å². The van der Waals surface area contributed by atoms with Gasteiger partial charge in [-0.25, -0.2) is 4.79 Å². The normalized spacial score (nSPS) is 18.7. The molecule has 1 saturated heterocycles. The van der Waals surface area contributed by atoms with Gasteiger partial charge in [-0.3, -0.25) is 19.4 Å². The van der Waals surface area contributed by atoms with Gasteiger partial charge in [0, 0.05) is 19.6 Å². The van der Waals surface area contributed by atoms with Gasteiger partial charge in [-0.15, -0.1) is 0 Å². The summed E-state index contributed by atoms with van der Waals surface area (Å²) in [6, 6.07) is 24.9. The number of amides is 4. The maximum atomic E-state index is 13.8. The quantitative estimate of drug-likeness (QED) is 0.430. The Morgan fingerprint density at radius 1 is 0.882 bits per heavy atom. The first kappa shape index (κ1) is 21.9. The molecule has 4 amide bonds. The second-order valence-electron chi connectivity index (χ2n) is 8.87. The molecule has 1 unspecified atom stereocenters. The second kappa shape index (κ2) is 9.14. The molecule has 0 N–H and O–H groups in total. The first-order valence-electron chi connectivity index (χ1n) is 11.6. The molecule has 0 radical (unpaired) electrons. The molecule has 0 bridgehead atoms. The average molecular weight is 454 g/mol. The molecule has 2 atom stereocenters. The van der Waals surface area contributed by atoms with Crippen LogP contribution in [0.4, 0.5) is 4.79 Å². The Bertz CT molecular complexity index is 1210. The summed E-state index contributed by atoms with van der Waals surface area (Å²) in [6.07, 6.45) is 0.736. The zero-order valence-corrected chi connectivity index (χ0v) is 19.1. The molecule has 5 rings (SSSR count). The van der Waals surface area contributed by atoms with E-state index in [4.69, 9.17) is 0 Å². The van der Waals surface area contributed by atoms with Gasteiger partial charge < -0.3 is 4.90 Å². The molecular formula is C28H27N3O3. The van der Waals surface area contributed by atoms with Gasteiger partial charge in [0.05, 0.1) is 6.04 Å². The van der Waals surface area contributed by atoms with Crippen LogP contribution in [0.3, 0.4) is 0 Å². The Morgan fingerprint density at radius 3 is 2.21 bits per heavy atom. The van der Waals surface area contributed by atoms with Crippen LogP contribution in [0, 0.1) is 0 Å². The minimum atomic E-state index is -1.16. The third kappa shape index (κ3) is 3.96. The zero-order valence-electron chi connectivity index (χ0n) is 19.1. The first-order chi connectivity index (χ1) is 16.5. The number of urea groups is 1. The van der Waals surface area contributed by atoms with Crippen molar-refractivity contribution in [3.63, 3.8) is 0 Å². The standard InChI is InChI=1S/C28H27N3O3/c1-20(22-12-6-3-7-13-22)31-27(33)25(30(28(31)34)18-21-10-4-2-5-11-21)26(32)29-17-16-23-14-8-9-15-24(23)19-29/h2-15,20,25H,16-19H2,1H3/t20-,25?/m1/s1. The van der Waals surface area contributed by atoms with E-state index in [1.165, 1.54) is 15.4 Å². The fraction of sp³-hybridized carbons (Fsp3) is 0.250. The van der Waals surface area contributed by atoms with E-state index in [9.17, 15) is 14.4 Å². The highest BCUT2D eigenvalue weighted by molar-refractivity contribution is 6.16. The molecule has 6 heteroatoms. The highest BCUT2D eigenvalue weighted by Gasteiger charge is 2.52. The molecule has 0 saturated carbocycles. The number of carbonyl (C=O) groups is 3. The van der Waals surface area contributed by atoms with Crippen molar-refractivity contribution in [2.75, 3.05) is 6.54 Å². The second-order valence-corrected chi connectivity index (χ2v) is 8.87. The number of hydrogen-bond donors (Lipinski definition) is 0. The van der Waals surface area contributed by atoms with Crippen LogP contribution < -0.4 is 0 Å². The molecule has 3 aromatic rings. The van der Waals surface area contributed by atoms with Crippen LogP contribution in [-0.2, 0) is 29.1 Å². The van der Waals surface area contributed by atoms with Crippen molar-refractivity contribution in [2.45, 2.75) is 38.5 Å². The summed E-state index contributed by atoms with van der Waals surface area (Å²) in [4.78, 5) is 45.4. The van der Waals surface area contributed by atoms with Crippen molar-refractivity contribution in [3.8, 4) is 0 Å². The van der Waals surface area contributed by atoms with Crippen molar-refractivity contribution >= 4 is 17.8 Å². The molecule has 6 nitrogen and oxygen atoms in total. The van der Waals surface area contributed by atoms with Gasteiger partial charge in [0.15, 0.2) is 6.04 Å². The molecule has 34 heavy (non-hydrogen) atoms. The van der Waals surface area contributed by atoms with Crippen LogP contribution in [0.5, 0.6) is 0 Å². The van der Waals surface area contributed by atoms with Crippen molar-refractivity contribution in [3.05, 3.63) is 107 Å². The van der Waals surface area contributed by atoms with E-state index in [0.29, 0.717) is 13.1 Å². The predicted octanol–water partition coefficient (Wildman–Crippen LogP) is 4.17. The van der Waals surface area contributed by atoms with E-state index in [1.807, 2.05) is 85.8 Å². The van der Waals surface area contributed by atoms with Crippen molar-refractivity contribution < 1.29 is 14.4 Å². The maximum absolute atomic E-state index is 13.8. The fourth-order valence-corrected chi connectivity index (χ4v) is 4.88. The van der Waals surface area contributed by atoms with Gasteiger partial charge in [-0.2, -0.15) is 0 Å². The predicted molar refractivity (Wildman–Crippen MR) is 128 cm³/mol. The molecule has 2 aliphatic heterocycles. The molecule has 0 aliphatic carbocycles.